The summed E-state index contributed by atoms with van der Waals surface area (Å²) in [5, 5.41) is 0. The molecule has 0 amide bonds. The number of benzene rings is 1. The minimum Gasteiger partial charge on any atom is -0.369 e. The number of rotatable bonds is 5. The van der Waals surface area contributed by atoms with E-state index in [1.54, 1.807) is 0 Å². The molecule has 0 unspecified atom stereocenters. The number of anilines is 1. The molecule has 1 aromatic carbocycles. The molecule has 0 aromatic heterocycles. The standard InChI is InChI=1S/C20H27FN2O2/c1-15-2-6-22(7-3-15)12-16-4-8-23(9-5-16)20-11-18(14-25)17(13-24)10-19(20)21/h10-11,13-16H,2-9,12H2,1H3. The van der Waals surface area contributed by atoms with Crippen molar-refractivity contribution in [2.75, 3.05) is 37.6 Å². The molecule has 0 saturated carbocycles. The van der Waals surface area contributed by atoms with Crippen molar-refractivity contribution in [3.8, 4) is 0 Å². The van der Waals surface area contributed by atoms with Crippen LogP contribution in [0.15, 0.2) is 12.1 Å². The SMILES string of the molecule is CC1CCN(CC2CCN(c3cc(C=O)c(C=O)cc3F)CC2)CC1. The number of carbonyl (C=O) groups excluding carboxylic acids is 2. The number of hydrogen-bond donors (Lipinski definition) is 0. The highest BCUT2D eigenvalue weighted by Crippen LogP contribution is 2.28. The Kier molecular flexibility index (Phi) is 5.84. The Bertz CT molecular complexity index is 618. The smallest absolute Gasteiger partial charge is 0.150 e. The van der Waals surface area contributed by atoms with Crippen LogP contribution in [0.1, 0.15) is 53.3 Å². The summed E-state index contributed by atoms with van der Waals surface area (Å²) in [5.41, 5.74) is 0.819. The Labute approximate surface area is 149 Å². The molecule has 0 bridgehead atoms. The lowest BCUT2D eigenvalue weighted by Gasteiger charge is -2.38. The monoisotopic (exact) mass is 346 g/mol. The topological polar surface area (TPSA) is 40.6 Å². The highest BCUT2D eigenvalue weighted by Gasteiger charge is 2.25. The van der Waals surface area contributed by atoms with Crippen molar-refractivity contribution in [1.82, 2.24) is 4.90 Å². The fourth-order valence-corrected chi connectivity index (χ4v) is 4.01. The van der Waals surface area contributed by atoms with Crippen molar-refractivity contribution in [3.05, 3.63) is 29.1 Å². The molecule has 3 rings (SSSR count). The average molecular weight is 346 g/mol. The van der Waals surface area contributed by atoms with Crippen LogP contribution < -0.4 is 4.90 Å². The molecule has 136 valence electrons. The van der Waals surface area contributed by atoms with E-state index in [0.717, 1.165) is 38.4 Å². The Morgan fingerprint density at radius 2 is 1.60 bits per heavy atom. The molecular weight excluding hydrogens is 319 g/mol. The zero-order valence-electron chi connectivity index (χ0n) is 14.9. The van der Waals surface area contributed by atoms with E-state index in [-0.39, 0.29) is 11.1 Å². The van der Waals surface area contributed by atoms with Gasteiger partial charge in [-0.3, -0.25) is 9.59 Å². The summed E-state index contributed by atoms with van der Waals surface area (Å²) in [4.78, 5) is 26.6. The Morgan fingerprint density at radius 1 is 1.00 bits per heavy atom. The van der Waals surface area contributed by atoms with Crippen LogP contribution in [0.25, 0.3) is 0 Å². The van der Waals surface area contributed by atoms with Gasteiger partial charge < -0.3 is 9.80 Å². The number of likely N-dealkylation sites (tertiary alicyclic amines) is 1. The van der Waals surface area contributed by atoms with Crippen LogP contribution >= 0.6 is 0 Å². The number of halogens is 1. The summed E-state index contributed by atoms with van der Waals surface area (Å²) in [6, 6.07) is 2.69. The molecule has 2 saturated heterocycles. The fraction of sp³-hybridized carbons (Fsp3) is 0.600. The maximum absolute atomic E-state index is 14.3. The largest absolute Gasteiger partial charge is 0.369 e. The van der Waals surface area contributed by atoms with Crippen molar-refractivity contribution in [2.24, 2.45) is 11.8 Å². The van der Waals surface area contributed by atoms with Crippen molar-refractivity contribution in [3.63, 3.8) is 0 Å². The Balaban J connectivity index is 1.59. The fourth-order valence-electron chi connectivity index (χ4n) is 4.01. The van der Waals surface area contributed by atoms with Crippen LogP contribution in [0.4, 0.5) is 10.1 Å². The molecule has 4 nitrogen and oxygen atoms in total. The molecule has 2 aliphatic heterocycles. The van der Waals surface area contributed by atoms with Crippen LogP contribution in [0.3, 0.4) is 0 Å². The van der Waals surface area contributed by atoms with Crippen molar-refractivity contribution < 1.29 is 14.0 Å². The number of carbonyl (C=O) groups is 2. The Morgan fingerprint density at radius 3 is 2.20 bits per heavy atom. The van der Waals surface area contributed by atoms with E-state index >= 15 is 0 Å². The lowest BCUT2D eigenvalue weighted by atomic mass is 9.93. The van der Waals surface area contributed by atoms with E-state index in [4.69, 9.17) is 0 Å². The van der Waals surface area contributed by atoms with Gasteiger partial charge in [0.25, 0.3) is 0 Å². The van der Waals surface area contributed by atoms with Gasteiger partial charge in [0.1, 0.15) is 5.82 Å². The first-order valence-corrected chi connectivity index (χ1v) is 9.32. The van der Waals surface area contributed by atoms with Gasteiger partial charge in [-0.2, -0.15) is 0 Å². The summed E-state index contributed by atoms with van der Waals surface area (Å²) in [6.07, 6.45) is 5.82. The van der Waals surface area contributed by atoms with Gasteiger partial charge in [-0.15, -0.1) is 0 Å². The third kappa shape index (κ3) is 4.27. The highest BCUT2D eigenvalue weighted by molar-refractivity contribution is 5.91. The third-order valence-corrected chi connectivity index (χ3v) is 5.75. The summed E-state index contributed by atoms with van der Waals surface area (Å²) in [6.45, 7) is 7.47. The number of aldehydes is 2. The van der Waals surface area contributed by atoms with E-state index < -0.39 is 5.82 Å². The molecule has 2 fully saturated rings. The Hall–Kier alpha value is -1.75. The highest BCUT2D eigenvalue weighted by atomic mass is 19.1. The molecule has 5 heteroatoms. The second kappa shape index (κ2) is 8.09. The molecule has 0 atom stereocenters. The average Bonchev–Trinajstić information content (AvgIpc) is 2.64. The molecule has 0 N–H and O–H groups in total. The van der Waals surface area contributed by atoms with Gasteiger partial charge in [0.05, 0.1) is 5.69 Å². The lowest BCUT2D eigenvalue weighted by molar-refractivity contribution is 0.109. The summed E-state index contributed by atoms with van der Waals surface area (Å²) in [7, 11) is 0. The number of nitrogens with zero attached hydrogens (tertiary/aromatic N) is 2. The molecular formula is C20H27FN2O2. The minimum absolute atomic E-state index is 0.116. The quantitative estimate of drug-likeness (QED) is 0.766. The van der Waals surface area contributed by atoms with Crippen LogP contribution in [-0.2, 0) is 0 Å². The van der Waals surface area contributed by atoms with Gasteiger partial charge >= 0.3 is 0 Å². The molecule has 2 heterocycles. The zero-order chi connectivity index (χ0) is 17.8. The first kappa shape index (κ1) is 18.1. The second-order valence-electron chi connectivity index (χ2n) is 7.58. The molecule has 2 aliphatic rings. The van der Waals surface area contributed by atoms with Crippen molar-refractivity contribution in [2.45, 2.75) is 32.6 Å². The van der Waals surface area contributed by atoms with Gasteiger partial charge in [-0.25, -0.2) is 4.39 Å². The lowest BCUT2D eigenvalue weighted by Crippen LogP contribution is -2.41. The van der Waals surface area contributed by atoms with Gasteiger partial charge in [0, 0.05) is 30.8 Å². The second-order valence-corrected chi connectivity index (χ2v) is 7.58. The predicted octanol–water partition coefficient (Wildman–Crippen LogP) is 3.40. The van der Waals surface area contributed by atoms with Crippen LogP contribution in [0.2, 0.25) is 0 Å². The number of piperidine rings is 2. The molecule has 0 spiro atoms. The van der Waals surface area contributed by atoms with E-state index in [1.165, 1.54) is 38.1 Å². The number of hydrogen-bond acceptors (Lipinski definition) is 4. The predicted molar refractivity (Wildman–Crippen MR) is 97.0 cm³/mol. The van der Waals surface area contributed by atoms with Crippen LogP contribution in [0.5, 0.6) is 0 Å². The van der Waals surface area contributed by atoms with E-state index in [0.29, 0.717) is 24.2 Å². The van der Waals surface area contributed by atoms with E-state index in [9.17, 15) is 14.0 Å². The van der Waals surface area contributed by atoms with Gasteiger partial charge in [-0.05, 0) is 62.7 Å². The van der Waals surface area contributed by atoms with Crippen molar-refractivity contribution in [1.29, 1.82) is 0 Å². The van der Waals surface area contributed by atoms with Crippen molar-refractivity contribution >= 4 is 18.3 Å². The maximum Gasteiger partial charge on any atom is 0.150 e. The molecule has 25 heavy (non-hydrogen) atoms. The first-order valence-electron chi connectivity index (χ1n) is 9.32. The van der Waals surface area contributed by atoms with Gasteiger partial charge in [-0.1, -0.05) is 6.92 Å². The summed E-state index contributed by atoms with van der Waals surface area (Å²) in [5.74, 6) is 1.09. The maximum atomic E-state index is 14.3. The summed E-state index contributed by atoms with van der Waals surface area (Å²) < 4.78 is 14.3. The molecule has 0 radical (unpaired) electrons. The molecule has 1 aromatic rings. The minimum atomic E-state index is -0.420. The molecule has 0 aliphatic carbocycles. The third-order valence-electron chi connectivity index (χ3n) is 5.75. The van der Waals surface area contributed by atoms with E-state index in [1.807, 2.05) is 4.90 Å². The van der Waals surface area contributed by atoms with Gasteiger partial charge in [0.2, 0.25) is 0 Å². The van der Waals surface area contributed by atoms with Crippen LogP contribution in [0, 0.1) is 17.7 Å². The zero-order valence-corrected chi connectivity index (χ0v) is 14.9. The summed E-state index contributed by atoms with van der Waals surface area (Å²) >= 11 is 0. The van der Waals surface area contributed by atoms with E-state index in [2.05, 4.69) is 11.8 Å². The van der Waals surface area contributed by atoms with Crippen LogP contribution in [-0.4, -0.2) is 50.2 Å². The first-order chi connectivity index (χ1) is 12.1. The van der Waals surface area contributed by atoms with Gasteiger partial charge in [0.15, 0.2) is 12.6 Å². The normalized spacial score (nSPS) is 20.6.